The Balaban J connectivity index is 0.00000208. The summed E-state index contributed by atoms with van der Waals surface area (Å²) in [4.78, 5) is 26.5. The van der Waals surface area contributed by atoms with Gasteiger partial charge in [-0.1, -0.05) is 18.2 Å². The van der Waals surface area contributed by atoms with Crippen LogP contribution in [-0.4, -0.2) is 43.4 Å². The molecule has 0 radical (unpaired) electrons. The largest absolute Gasteiger partial charge is 0.342 e. The fourth-order valence-electron chi connectivity index (χ4n) is 3.62. The summed E-state index contributed by atoms with van der Waals surface area (Å²) in [6, 6.07) is 7.90. The van der Waals surface area contributed by atoms with Crippen molar-refractivity contribution in [1.82, 2.24) is 10.2 Å². The first kappa shape index (κ1) is 18.7. The highest BCUT2D eigenvalue weighted by molar-refractivity contribution is 5.96. The number of halogens is 1. The summed E-state index contributed by atoms with van der Waals surface area (Å²) in [6.07, 6.45) is 2.90. The number of rotatable bonds is 5. The quantitative estimate of drug-likeness (QED) is 0.853. The second-order valence-electron chi connectivity index (χ2n) is 6.64. The van der Waals surface area contributed by atoms with Gasteiger partial charge in [-0.15, -0.1) is 12.4 Å². The molecule has 0 saturated carbocycles. The Bertz CT molecular complexity index is 593. The zero-order chi connectivity index (χ0) is 16.2. The number of amides is 2. The summed E-state index contributed by atoms with van der Waals surface area (Å²) in [5.74, 6) is 0.708. The molecule has 132 valence electrons. The molecular formula is C18H26ClN3O2. The number of nitrogens with zero attached hydrogens (tertiary/aromatic N) is 1. The smallest absolute Gasteiger partial charge is 0.227 e. The van der Waals surface area contributed by atoms with E-state index in [1.54, 1.807) is 0 Å². The Hall–Kier alpha value is -1.59. The van der Waals surface area contributed by atoms with Crippen molar-refractivity contribution in [3.05, 3.63) is 29.8 Å². The lowest BCUT2D eigenvalue weighted by atomic mass is 9.89. The highest BCUT2D eigenvalue weighted by Gasteiger charge is 2.29. The molecule has 1 fully saturated rings. The molecule has 2 atom stereocenters. The van der Waals surface area contributed by atoms with Gasteiger partial charge in [-0.05, 0) is 50.4 Å². The normalized spacial score (nSPS) is 22.5. The number of carbonyl (C=O) groups is 2. The lowest BCUT2D eigenvalue weighted by Gasteiger charge is -2.25. The number of fused-ring (bicyclic) bond motifs is 1. The number of anilines is 1. The number of carbonyl (C=O) groups excluding carboxylic acids is 2. The van der Waals surface area contributed by atoms with Crippen LogP contribution in [0.3, 0.4) is 0 Å². The van der Waals surface area contributed by atoms with E-state index in [-0.39, 0.29) is 30.1 Å². The van der Waals surface area contributed by atoms with E-state index in [1.165, 1.54) is 5.56 Å². The first-order valence-electron chi connectivity index (χ1n) is 8.48. The van der Waals surface area contributed by atoms with Crippen molar-refractivity contribution in [2.24, 2.45) is 11.8 Å². The van der Waals surface area contributed by atoms with Crippen LogP contribution >= 0.6 is 12.4 Å². The highest BCUT2D eigenvalue weighted by atomic mass is 35.5. The molecule has 2 aliphatic heterocycles. The summed E-state index contributed by atoms with van der Waals surface area (Å²) < 4.78 is 0. The number of benzene rings is 1. The molecule has 0 spiro atoms. The van der Waals surface area contributed by atoms with E-state index >= 15 is 0 Å². The molecule has 1 saturated heterocycles. The van der Waals surface area contributed by atoms with E-state index in [9.17, 15) is 9.59 Å². The van der Waals surface area contributed by atoms with Crippen LogP contribution in [0.15, 0.2) is 24.3 Å². The molecule has 0 aromatic heterocycles. The number of hydrogen-bond donors (Lipinski definition) is 2. The summed E-state index contributed by atoms with van der Waals surface area (Å²) in [7, 11) is 1.95. The molecule has 0 aliphatic carbocycles. The minimum absolute atomic E-state index is 0. The Kier molecular flexibility index (Phi) is 6.63. The van der Waals surface area contributed by atoms with Crippen LogP contribution in [0.1, 0.15) is 24.8 Å². The first-order valence-corrected chi connectivity index (χ1v) is 8.48. The zero-order valence-electron chi connectivity index (χ0n) is 14.1. The monoisotopic (exact) mass is 351 g/mol. The fraction of sp³-hybridized carbons (Fsp3) is 0.556. The molecule has 2 aliphatic rings. The topological polar surface area (TPSA) is 61.4 Å². The minimum Gasteiger partial charge on any atom is -0.342 e. The molecule has 1 aromatic carbocycles. The molecule has 5 nitrogen and oxygen atoms in total. The molecule has 6 heteroatoms. The van der Waals surface area contributed by atoms with E-state index in [0.717, 1.165) is 38.2 Å². The van der Waals surface area contributed by atoms with Crippen molar-refractivity contribution >= 4 is 29.9 Å². The Morgan fingerprint density at radius 1 is 1.38 bits per heavy atom. The van der Waals surface area contributed by atoms with Crippen LogP contribution in [0, 0.1) is 11.8 Å². The minimum atomic E-state index is -0.0930. The highest BCUT2D eigenvalue weighted by Crippen LogP contribution is 2.28. The Labute approximate surface area is 149 Å². The van der Waals surface area contributed by atoms with Gasteiger partial charge >= 0.3 is 0 Å². The van der Waals surface area contributed by atoms with E-state index in [2.05, 4.69) is 10.6 Å². The molecule has 24 heavy (non-hydrogen) atoms. The summed E-state index contributed by atoms with van der Waals surface area (Å²) in [5, 5.41) is 6.13. The van der Waals surface area contributed by atoms with E-state index in [1.807, 2.05) is 36.2 Å². The molecular weight excluding hydrogens is 326 g/mol. The average Bonchev–Trinajstić information content (AvgIpc) is 3.01. The predicted molar refractivity (Wildman–Crippen MR) is 97.4 cm³/mol. The van der Waals surface area contributed by atoms with Gasteiger partial charge in [-0.2, -0.15) is 0 Å². The van der Waals surface area contributed by atoms with Gasteiger partial charge in [0.25, 0.3) is 0 Å². The molecule has 2 unspecified atom stereocenters. The van der Waals surface area contributed by atoms with Gasteiger partial charge < -0.3 is 15.5 Å². The molecule has 2 amide bonds. The lowest BCUT2D eigenvalue weighted by molar-refractivity contribution is -0.130. The van der Waals surface area contributed by atoms with Gasteiger partial charge in [-0.3, -0.25) is 9.59 Å². The van der Waals surface area contributed by atoms with Crippen molar-refractivity contribution in [1.29, 1.82) is 0 Å². The third-order valence-corrected chi connectivity index (χ3v) is 4.95. The Morgan fingerprint density at radius 3 is 2.96 bits per heavy atom. The maximum atomic E-state index is 12.4. The van der Waals surface area contributed by atoms with Gasteiger partial charge in [0.05, 0.1) is 0 Å². The average molecular weight is 352 g/mol. The SMILES string of the molecule is CNCC1CCN(C(=O)CCC2Cc3ccccc3NC2=O)C1.Cl. The second kappa shape index (κ2) is 8.49. The summed E-state index contributed by atoms with van der Waals surface area (Å²) >= 11 is 0. The van der Waals surface area contributed by atoms with E-state index in [0.29, 0.717) is 18.8 Å². The van der Waals surface area contributed by atoms with Crippen molar-refractivity contribution in [2.75, 3.05) is 32.0 Å². The van der Waals surface area contributed by atoms with Crippen LogP contribution in [0.5, 0.6) is 0 Å². The van der Waals surface area contributed by atoms with Gasteiger partial charge in [-0.25, -0.2) is 0 Å². The standard InChI is InChI=1S/C18H25N3O2.ClH/c1-19-11-13-8-9-21(12-13)17(22)7-6-15-10-14-4-2-3-5-16(14)20-18(15)23;/h2-5,13,15,19H,6-12H2,1H3,(H,20,23);1H. The van der Waals surface area contributed by atoms with Crippen molar-refractivity contribution < 1.29 is 9.59 Å². The van der Waals surface area contributed by atoms with Crippen LogP contribution < -0.4 is 10.6 Å². The molecule has 3 rings (SSSR count). The Morgan fingerprint density at radius 2 is 2.17 bits per heavy atom. The summed E-state index contributed by atoms with van der Waals surface area (Å²) in [5.41, 5.74) is 2.08. The molecule has 2 heterocycles. The molecule has 2 N–H and O–H groups in total. The number of para-hydroxylation sites is 1. The van der Waals surface area contributed by atoms with Gasteiger partial charge in [0, 0.05) is 31.1 Å². The first-order chi connectivity index (χ1) is 11.2. The van der Waals surface area contributed by atoms with E-state index < -0.39 is 0 Å². The van der Waals surface area contributed by atoms with Gasteiger partial charge in [0.2, 0.25) is 11.8 Å². The fourth-order valence-corrected chi connectivity index (χ4v) is 3.62. The third-order valence-electron chi connectivity index (χ3n) is 4.95. The van der Waals surface area contributed by atoms with Crippen molar-refractivity contribution in [3.8, 4) is 0 Å². The van der Waals surface area contributed by atoms with Crippen LogP contribution in [-0.2, 0) is 16.0 Å². The van der Waals surface area contributed by atoms with Crippen molar-refractivity contribution in [3.63, 3.8) is 0 Å². The number of hydrogen-bond acceptors (Lipinski definition) is 3. The van der Waals surface area contributed by atoms with Gasteiger partial charge in [0.15, 0.2) is 0 Å². The maximum Gasteiger partial charge on any atom is 0.227 e. The second-order valence-corrected chi connectivity index (χ2v) is 6.64. The zero-order valence-corrected chi connectivity index (χ0v) is 14.9. The lowest BCUT2D eigenvalue weighted by Crippen LogP contribution is -2.33. The summed E-state index contributed by atoms with van der Waals surface area (Å²) in [6.45, 7) is 2.66. The van der Waals surface area contributed by atoms with Crippen LogP contribution in [0.4, 0.5) is 5.69 Å². The molecule has 1 aromatic rings. The number of nitrogens with one attached hydrogen (secondary N) is 2. The van der Waals surface area contributed by atoms with Crippen LogP contribution in [0.25, 0.3) is 0 Å². The third kappa shape index (κ3) is 4.28. The maximum absolute atomic E-state index is 12.4. The van der Waals surface area contributed by atoms with E-state index in [4.69, 9.17) is 0 Å². The number of likely N-dealkylation sites (tertiary alicyclic amines) is 1. The van der Waals surface area contributed by atoms with Gasteiger partial charge in [0.1, 0.15) is 0 Å². The molecule has 0 bridgehead atoms. The predicted octanol–water partition coefficient (Wildman–Crippen LogP) is 2.07. The van der Waals surface area contributed by atoms with Crippen molar-refractivity contribution in [2.45, 2.75) is 25.7 Å². The van der Waals surface area contributed by atoms with Crippen LogP contribution in [0.2, 0.25) is 0 Å².